The first-order valence-corrected chi connectivity index (χ1v) is 11.0. The SMILES string of the molecule is COC(=O)c1ccc(-c2ccc(/C=C(/C#N)C(=O)N3CCN(c4ccccc4)CC3)o2)c(C)c1. The van der Waals surface area contributed by atoms with E-state index >= 15 is 0 Å². The van der Waals surface area contributed by atoms with Gasteiger partial charge in [0.2, 0.25) is 0 Å². The molecule has 1 amide bonds. The lowest BCUT2D eigenvalue weighted by Gasteiger charge is -2.36. The van der Waals surface area contributed by atoms with Gasteiger partial charge in [0.1, 0.15) is 23.2 Å². The third-order valence-electron chi connectivity index (χ3n) is 5.87. The average Bonchev–Trinajstić information content (AvgIpc) is 3.35. The predicted octanol–water partition coefficient (Wildman–Crippen LogP) is 4.30. The van der Waals surface area contributed by atoms with Crippen LogP contribution in [-0.2, 0) is 9.53 Å². The Hall–Kier alpha value is -4.31. The van der Waals surface area contributed by atoms with Crippen LogP contribution in [0.3, 0.4) is 0 Å². The fourth-order valence-electron chi connectivity index (χ4n) is 4.02. The number of rotatable bonds is 5. The molecule has 7 heteroatoms. The molecule has 0 saturated carbocycles. The van der Waals surface area contributed by atoms with Gasteiger partial charge >= 0.3 is 5.97 Å². The molecule has 172 valence electrons. The summed E-state index contributed by atoms with van der Waals surface area (Å²) in [5, 5.41) is 9.63. The number of anilines is 1. The van der Waals surface area contributed by atoms with Crippen molar-refractivity contribution in [2.24, 2.45) is 0 Å². The summed E-state index contributed by atoms with van der Waals surface area (Å²) in [5.41, 5.74) is 3.28. The van der Waals surface area contributed by atoms with Crippen LogP contribution in [0.2, 0.25) is 0 Å². The molecule has 1 aliphatic rings. The van der Waals surface area contributed by atoms with Gasteiger partial charge in [-0.2, -0.15) is 5.26 Å². The van der Waals surface area contributed by atoms with E-state index in [1.54, 1.807) is 35.2 Å². The number of aryl methyl sites for hydroxylation is 1. The second kappa shape index (κ2) is 10.1. The first kappa shape index (κ1) is 22.9. The number of furan rings is 1. The normalized spacial score (nSPS) is 14.0. The van der Waals surface area contributed by atoms with Gasteiger partial charge in [-0.15, -0.1) is 0 Å². The molecule has 0 aliphatic carbocycles. The highest BCUT2D eigenvalue weighted by Gasteiger charge is 2.24. The first-order chi connectivity index (χ1) is 16.5. The van der Waals surface area contributed by atoms with Crippen LogP contribution < -0.4 is 4.90 Å². The highest BCUT2D eigenvalue weighted by Crippen LogP contribution is 2.28. The summed E-state index contributed by atoms with van der Waals surface area (Å²) in [6.45, 7) is 4.38. The number of methoxy groups -OCH3 is 1. The number of benzene rings is 2. The smallest absolute Gasteiger partial charge is 0.337 e. The first-order valence-electron chi connectivity index (χ1n) is 11.0. The van der Waals surface area contributed by atoms with E-state index in [1.807, 2.05) is 31.2 Å². The zero-order valence-corrected chi connectivity index (χ0v) is 19.2. The standard InChI is InChI=1S/C27H25N3O4/c1-19-16-20(27(32)33-2)8-10-24(19)25-11-9-23(34-25)17-21(18-28)26(31)30-14-12-29(13-15-30)22-6-4-3-5-7-22/h3-11,16-17H,12-15H2,1-2H3/b21-17-. The van der Waals surface area contributed by atoms with Crippen molar-refractivity contribution in [3.8, 4) is 17.4 Å². The Bertz CT molecular complexity index is 1260. The van der Waals surface area contributed by atoms with Gasteiger partial charge in [0.05, 0.1) is 12.7 Å². The van der Waals surface area contributed by atoms with E-state index < -0.39 is 5.97 Å². The number of esters is 1. The van der Waals surface area contributed by atoms with E-state index in [0.29, 0.717) is 43.3 Å². The number of carbonyl (C=O) groups excluding carboxylic acids is 2. The molecule has 34 heavy (non-hydrogen) atoms. The Morgan fingerprint density at radius 3 is 2.41 bits per heavy atom. The van der Waals surface area contributed by atoms with E-state index in [2.05, 4.69) is 17.0 Å². The predicted molar refractivity (Wildman–Crippen MR) is 129 cm³/mol. The monoisotopic (exact) mass is 455 g/mol. The van der Waals surface area contributed by atoms with Crippen LogP contribution in [0.5, 0.6) is 0 Å². The minimum Gasteiger partial charge on any atom is -0.465 e. The number of nitrogens with zero attached hydrogens (tertiary/aromatic N) is 3. The van der Waals surface area contributed by atoms with Crippen molar-refractivity contribution in [3.63, 3.8) is 0 Å². The molecule has 0 spiro atoms. The molecule has 0 unspecified atom stereocenters. The molecule has 1 saturated heterocycles. The maximum atomic E-state index is 13.0. The van der Waals surface area contributed by atoms with Crippen molar-refractivity contribution in [2.75, 3.05) is 38.2 Å². The van der Waals surface area contributed by atoms with Gasteiger partial charge in [0.25, 0.3) is 5.91 Å². The van der Waals surface area contributed by atoms with Crippen molar-refractivity contribution in [1.82, 2.24) is 4.90 Å². The minimum atomic E-state index is -0.403. The zero-order chi connectivity index (χ0) is 24.1. The lowest BCUT2D eigenvalue weighted by atomic mass is 10.0. The number of hydrogen-bond acceptors (Lipinski definition) is 6. The molecule has 7 nitrogen and oxygen atoms in total. The van der Waals surface area contributed by atoms with E-state index in [-0.39, 0.29) is 11.5 Å². The molecule has 2 aromatic carbocycles. The molecule has 0 radical (unpaired) electrons. The number of ether oxygens (including phenoxy) is 1. The molecule has 2 heterocycles. The largest absolute Gasteiger partial charge is 0.465 e. The number of hydrogen-bond donors (Lipinski definition) is 0. The summed E-state index contributed by atoms with van der Waals surface area (Å²) >= 11 is 0. The van der Waals surface area contributed by atoms with Crippen molar-refractivity contribution >= 4 is 23.6 Å². The number of nitriles is 1. The summed E-state index contributed by atoms with van der Waals surface area (Å²) in [6, 6.07) is 20.8. The van der Waals surface area contributed by atoms with Crippen LogP contribution in [0.4, 0.5) is 5.69 Å². The van der Waals surface area contributed by atoms with E-state index in [9.17, 15) is 14.9 Å². The molecule has 4 rings (SSSR count). The third-order valence-corrected chi connectivity index (χ3v) is 5.87. The number of carbonyl (C=O) groups is 2. The van der Waals surface area contributed by atoms with Gasteiger partial charge in [-0.05, 0) is 48.9 Å². The molecular weight excluding hydrogens is 430 g/mol. The number of amides is 1. The highest BCUT2D eigenvalue weighted by molar-refractivity contribution is 6.01. The maximum Gasteiger partial charge on any atom is 0.337 e. The summed E-state index contributed by atoms with van der Waals surface area (Å²) in [5.74, 6) is 0.298. The summed E-state index contributed by atoms with van der Waals surface area (Å²) in [4.78, 5) is 28.6. The minimum absolute atomic E-state index is 0.0341. The summed E-state index contributed by atoms with van der Waals surface area (Å²) in [7, 11) is 1.34. The van der Waals surface area contributed by atoms with Gasteiger partial charge in [0.15, 0.2) is 0 Å². The quantitative estimate of drug-likeness (QED) is 0.324. The second-order valence-electron chi connectivity index (χ2n) is 8.01. The number of piperazine rings is 1. The Kier molecular flexibility index (Phi) is 6.79. The molecule has 0 bridgehead atoms. The molecule has 1 fully saturated rings. The van der Waals surface area contributed by atoms with Crippen molar-refractivity contribution in [1.29, 1.82) is 5.26 Å². The van der Waals surface area contributed by atoms with Crippen molar-refractivity contribution in [2.45, 2.75) is 6.92 Å². The highest BCUT2D eigenvalue weighted by atomic mass is 16.5. The summed E-state index contributed by atoms with van der Waals surface area (Å²) < 4.78 is 10.7. The van der Waals surface area contributed by atoms with Crippen LogP contribution in [-0.4, -0.2) is 50.1 Å². The van der Waals surface area contributed by atoms with Crippen LogP contribution in [0.15, 0.2) is 70.7 Å². The third kappa shape index (κ3) is 4.86. The molecular formula is C27H25N3O4. The lowest BCUT2D eigenvalue weighted by molar-refractivity contribution is -0.126. The Balaban J connectivity index is 1.46. The average molecular weight is 456 g/mol. The van der Waals surface area contributed by atoms with Gasteiger partial charge in [-0.3, -0.25) is 4.79 Å². The van der Waals surface area contributed by atoms with Gasteiger partial charge in [-0.1, -0.05) is 24.3 Å². The van der Waals surface area contributed by atoms with Crippen LogP contribution in [0.25, 0.3) is 17.4 Å². The van der Waals surface area contributed by atoms with Crippen LogP contribution in [0, 0.1) is 18.3 Å². The fraction of sp³-hybridized carbons (Fsp3) is 0.222. The molecule has 3 aromatic rings. The van der Waals surface area contributed by atoms with E-state index in [1.165, 1.54) is 13.2 Å². The summed E-state index contributed by atoms with van der Waals surface area (Å²) in [6.07, 6.45) is 1.48. The molecule has 0 atom stereocenters. The van der Waals surface area contributed by atoms with Crippen molar-refractivity contribution in [3.05, 3.63) is 83.1 Å². The zero-order valence-electron chi connectivity index (χ0n) is 19.2. The Labute approximate surface area is 198 Å². The Morgan fingerprint density at radius 2 is 1.76 bits per heavy atom. The molecule has 0 N–H and O–H groups in total. The van der Waals surface area contributed by atoms with Crippen LogP contribution in [0.1, 0.15) is 21.7 Å². The van der Waals surface area contributed by atoms with Gasteiger partial charge < -0.3 is 19.0 Å². The molecule has 1 aromatic heterocycles. The van der Waals surface area contributed by atoms with Gasteiger partial charge in [0, 0.05) is 43.5 Å². The fourth-order valence-corrected chi connectivity index (χ4v) is 4.02. The lowest BCUT2D eigenvalue weighted by Crippen LogP contribution is -2.49. The van der Waals surface area contributed by atoms with Crippen LogP contribution >= 0.6 is 0 Å². The second-order valence-corrected chi connectivity index (χ2v) is 8.01. The molecule has 1 aliphatic heterocycles. The Morgan fingerprint density at radius 1 is 1.03 bits per heavy atom. The van der Waals surface area contributed by atoms with Gasteiger partial charge in [-0.25, -0.2) is 4.79 Å². The van der Waals surface area contributed by atoms with Crippen molar-refractivity contribution < 1.29 is 18.7 Å². The van der Waals surface area contributed by atoms with E-state index in [4.69, 9.17) is 9.15 Å². The number of para-hydroxylation sites is 1. The van der Waals surface area contributed by atoms with E-state index in [0.717, 1.165) is 16.8 Å². The topological polar surface area (TPSA) is 86.8 Å². The maximum absolute atomic E-state index is 13.0.